The summed E-state index contributed by atoms with van der Waals surface area (Å²) in [6.45, 7) is 0.391. The number of carbonyl (C=O) groups is 1. The molecular formula is C11H13N5O. The van der Waals surface area contributed by atoms with Gasteiger partial charge in [0.1, 0.15) is 5.82 Å². The first-order chi connectivity index (χ1) is 8.15. The van der Waals surface area contributed by atoms with Crippen molar-refractivity contribution in [3.8, 4) is 0 Å². The predicted molar refractivity (Wildman–Crippen MR) is 63.0 cm³/mol. The van der Waals surface area contributed by atoms with Gasteiger partial charge in [-0.05, 0) is 18.2 Å². The zero-order chi connectivity index (χ0) is 12.3. The Hall–Kier alpha value is -2.37. The quantitative estimate of drug-likeness (QED) is 0.797. The van der Waals surface area contributed by atoms with E-state index in [1.807, 2.05) is 19.3 Å². The molecule has 2 rings (SSSR count). The third-order valence-corrected chi connectivity index (χ3v) is 2.24. The van der Waals surface area contributed by atoms with E-state index >= 15 is 0 Å². The summed E-state index contributed by atoms with van der Waals surface area (Å²) < 4.78 is 1.69. The lowest BCUT2D eigenvalue weighted by molar-refractivity contribution is 0.0950. The molecule has 17 heavy (non-hydrogen) atoms. The molecule has 0 radical (unpaired) electrons. The number of hydrogen-bond acceptors (Lipinski definition) is 4. The van der Waals surface area contributed by atoms with Crippen LogP contribution in [0.4, 0.5) is 5.82 Å². The summed E-state index contributed by atoms with van der Waals surface area (Å²) in [5, 5.41) is 6.92. The highest BCUT2D eigenvalue weighted by atomic mass is 16.1. The lowest BCUT2D eigenvalue weighted by atomic mass is 10.2. The number of nitrogen functional groups attached to an aromatic ring is 1. The van der Waals surface area contributed by atoms with E-state index in [9.17, 15) is 4.79 Å². The fourth-order valence-corrected chi connectivity index (χ4v) is 1.42. The van der Waals surface area contributed by atoms with Crippen LogP contribution >= 0.6 is 0 Å². The lowest BCUT2D eigenvalue weighted by Gasteiger charge is -2.03. The molecule has 6 heteroatoms. The number of nitrogens with one attached hydrogen (secondary N) is 1. The summed E-state index contributed by atoms with van der Waals surface area (Å²) >= 11 is 0. The van der Waals surface area contributed by atoms with Gasteiger partial charge in [-0.1, -0.05) is 0 Å². The van der Waals surface area contributed by atoms with Gasteiger partial charge in [0.15, 0.2) is 0 Å². The molecule has 0 aliphatic carbocycles. The molecule has 0 fully saturated rings. The summed E-state index contributed by atoms with van der Waals surface area (Å²) in [5.74, 6) is 0.139. The van der Waals surface area contributed by atoms with Crippen LogP contribution in [-0.4, -0.2) is 20.7 Å². The van der Waals surface area contributed by atoms with Gasteiger partial charge >= 0.3 is 0 Å². The van der Waals surface area contributed by atoms with Crippen LogP contribution in [0.15, 0.2) is 30.6 Å². The van der Waals surface area contributed by atoms with Gasteiger partial charge in [-0.3, -0.25) is 9.48 Å². The largest absolute Gasteiger partial charge is 0.384 e. The maximum absolute atomic E-state index is 11.7. The van der Waals surface area contributed by atoms with Crippen molar-refractivity contribution in [2.75, 3.05) is 5.73 Å². The average Bonchev–Trinajstić information content (AvgIpc) is 2.72. The Balaban J connectivity index is 1.98. The van der Waals surface area contributed by atoms with E-state index in [2.05, 4.69) is 15.4 Å². The van der Waals surface area contributed by atoms with Crippen LogP contribution < -0.4 is 11.1 Å². The summed E-state index contributed by atoms with van der Waals surface area (Å²) in [5.41, 5.74) is 6.80. The van der Waals surface area contributed by atoms with Crippen LogP contribution in [0.1, 0.15) is 16.1 Å². The number of nitrogens with zero attached hydrogens (tertiary/aromatic N) is 3. The molecule has 0 unspecified atom stereocenters. The molecule has 1 amide bonds. The molecular weight excluding hydrogens is 218 g/mol. The fraction of sp³-hybridized carbons (Fsp3) is 0.182. The van der Waals surface area contributed by atoms with Gasteiger partial charge in [-0.25, -0.2) is 4.98 Å². The van der Waals surface area contributed by atoms with Crippen molar-refractivity contribution >= 4 is 11.7 Å². The number of pyridine rings is 1. The summed E-state index contributed by atoms with van der Waals surface area (Å²) in [4.78, 5) is 15.6. The third-order valence-electron chi connectivity index (χ3n) is 2.24. The van der Waals surface area contributed by atoms with E-state index in [-0.39, 0.29) is 5.91 Å². The molecule has 2 aromatic rings. The zero-order valence-corrected chi connectivity index (χ0v) is 9.42. The van der Waals surface area contributed by atoms with E-state index in [0.717, 1.165) is 5.69 Å². The van der Waals surface area contributed by atoms with Crippen molar-refractivity contribution < 1.29 is 4.79 Å². The first-order valence-electron chi connectivity index (χ1n) is 5.13. The number of carbonyl (C=O) groups excluding carboxylic acids is 1. The van der Waals surface area contributed by atoms with Crippen LogP contribution in [0.25, 0.3) is 0 Å². The molecule has 2 aromatic heterocycles. The van der Waals surface area contributed by atoms with E-state index in [1.165, 1.54) is 12.3 Å². The van der Waals surface area contributed by atoms with Crippen molar-refractivity contribution in [1.82, 2.24) is 20.1 Å². The van der Waals surface area contributed by atoms with Crippen LogP contribution in [0.2, 0.25) is 0 Å². The second-order valence-electron chi connectivity index (χ2n) is 3.63. The average molecular weight is 231 g/mol. The minimum absolute atomic E-state index is 0.190. The highest BCUT2D eigenvalue weighted by Crippen LogP contribution is 2.03. The number of hydrogen-bond donors (Lipinski definition) is 2. The number of nitrogens with two attached hydrogens (primary N) is 1. The van der Waals surface area contributed by atoms with Gasteiger partial charge in [-0.15, -0.1) is 0 Å². The second kappa shape index (κ2) is 4.65. The Labute approximate surface area is 98.5 Å². The van der Waals surface area contributed by atoms with Gasteiger partial charge in [0.25, 0.3) is 5.91 Å². The minimum Gasteiger partial charge on any atom is -0.384 e. The van der Waals surface area contributed by atoms with Crippen LogP contribution in [-0.2, 0) is 13.6 Å². The Morgan fingerprint density at radius 1 is 1.53 bits per heavy atom. The summed E-state index contributed by atoms with van der Waals surface area (Å²) in [6, 6.07) is 5.00. The van der Waals surface area contributed by atoms with Gasteiger partial charge in [0, 0.05) is 25.0 Å². The molecule has 0 aromatic carbocycles. The molecule has 0 bridgehead atoms. The van der Waals surface area contributed by atoms with E-state index in [0.29, 0.717) is 17.9 Å². The number of aromatic nitrogens is 3. The molecule has 6 nitrogen and oxygen atoms in total. The summed E-state index contributed by atoms with van der Waals surface area (Å²) in [6.07, 6.45) is 3.33. The molecule has 0 saturated carbocycles. The Bertz CT molecular complexity index is 534. The molecule has 88 valence electrons. The third kappa shape index (κ3) is 2.81. The molecule has 3 N–H and O–H groups in total. The molecule has 0 aliphatic rings. The van der Waals surface area contributed by atoms with Crippen molar-refractivity contribution in [3.05, 3.63) is 41.9 Å². The number of rotatable bonds is 3. The van der Waals surface area contributed by atoms with Gasteiger partial charge < -0.3 is 11.1 Å². The molecule has 0 aliphatic heterocycles. The van der Waals surface area contributed by atoms with Gasteiger partial charge in [0.2, 0.25) is 0 Å². The second-order valence-corrected chi connectivity index (χ2v) is 3.63. The fourth-order valence-electron chi connectivity index (χ4n) is 1.42. The first-order valence-corrected chi connectivity index (χ1v) is 5.13. The van der Waals surface area contributed by atoms with Gasteiger partial charge in [-0.2, -0.15) is 5.10 Å². The van der Waals surface area contributed by atoms with Crippen molar-refractivity contribution in [1.29, 1.82) is 0 Å². The van der Waals surface area contributed by atoms with Crippen LogP contribution in [0, 0.1) is 0 Å². The number of amides is 1. The van der Waals surface area contributed by atoms with Gasteiger partial charge in [0.05, 0.1) is 12.2 Å². The molecule has 0 spiro atoms. The lowest BCUT2D eigenvalue weighted by Crippen LogP contribution is -2.23. The van der Waals surface area contributed by atoms with E-state index < -0.39 is 0 Å². The molecule has 0 atom stereocenters. The Morgan fingerprint density at radius 2 is 2.35 bits per heavy atom. The normalized spacial score (nSPS) is 10.2. The zero-order valence-electron chi connectivity index (χ0n) is 9.42. The standard InChI is InChI=1S/C11H13N5O/c1-16-5-3-9(15-16)7-14-11(17)8-2-4-13-10(12)6-8/h2-6H,7H2,1H3,(H2,12,13)(H,14,17). The maximum Gasteiger partial charge on any atom is 0.251 e. The highest BCUT2D eigenvalue weighted by molar-refractivity contribution is 5.94. The highest BCUT2D eigenvalue weighted by Gasteiger charge is 2.06. The van der Waals surface area contributed by atoms with Crippen LogP contribution in [0.3, 0.4) is 0 Å². The predicted octanol–water partition coefficient (Wildman–Crippen LogP) is 0.327. The van der Waals surface area contributed by atoms with E-state index in [1.54, 1.807) is 10.7 Å². The SMILES string of the molecule is Cn1ccc(CNC(=O)c2ccnc(N)c2)n1. The number of anilines is 1. The Kier molecular flexibility index (Phi) is 3.04. The Morgan fingerprint density at radius 3 is 3.00 bits per heavy atom. The maximum atomic E-state index is 11.7. The van der Waals surface area contributed by atoms with Crippen molar-refractivity contribution in [3.63, 3.8) is 0 Å². The monoisotopic (exact) mass is 231 g/mol. The summed E-state index contributed by atoms with van der Waals surface area (Å²) in [7, 11) is 1.83. The number of aryl methyl sites for hydroxylation is 1. The minimum atomic E-state index is -0.190. The first kappa shape index (κ1) is 11.1. The molecule has 0 saturated heterocycles. The topological polar surface area (TPSA) is 85.8 Å². The molecule has 2 heterocycles. The smallest absolute Gasteiger partial charge is 0.251 e. The van der Waals surface area contributed by atoms with Crippen molar-refractivity contribution in [2.24, 2.45) is 7.05 Å². The van der Waals surface area contributed by atoms with E-state index in [4.69, 9.17) is 5.73 Å². The van der Waals surface area contributed by atoms with Crippen molar-refractivity contribution in [2.45, 2.75) is 6.54 Å². The van der Waals surface area contributed by atoms with Crippen LogP contribution in [0.5, 0.6) is 0 Å².